The molecule has 0 saturated carbocycles. The maximum Gasteiger partial charge on any atom is 0.223 e. The number of rotatable bonds is 6. The Morgan fingerprint density at radius 1 is 1.08 bits per heavy atom. The predicted octanol–water partition coefficient (Wildman–Crippen LogP) is 2.45. The van der Waals surface area contributed by atoms with E-state index >= 15 is 0 Å². The Morgan fingerprint density at radius 3 is 2.46 bits per heavy atom. The van der Waals surface area contributed by atoms with Gasteiger partial charge >= 0.3 is 0 Å². The molecule has 0 bridgehead atoms. The fraction of sp³-hybridized carbons (Fsp3) is 0.350. The van der Waals surface area contributed by atoms with Crippen LogP contribution in [0.25, 0.3) is 0 Å². The van der Waals surface area contributed by atoms with Crippen molar-refractivity contribution in [3.63, 3.8) is 0 Å². The lowest BCUT2D eigenvalue weighted by Crippen LogP contribution is -2.38. The Kier molecular flexibility index (Phi) is 5.74. The molecule has 0 fully saturated rings. The zero-order chi connectivity index (χ0) is 18.6. The van der Waals surface area contributed by atoms with Crippen molar-refractivity contribution in [2.24, 2.45) is 0 Å². The molecule has 0 saturated heterocycles. The van der Waals surface area contributed by atoms with Gasteiger partial charge in [0.2, 0.25) is 5.91 Å². The number of fused-ring (bicyclic) bond motifs is 1. The van der Waals surface area contributed by atoms with Gasteiger partial charge in [-0.1, -0.05) is 42.5 Å². The van der Waals surface area contributed by atoms with Crippen LogP contribution >= 0.6 is 0 Å². The zero-order valence-electron chi connectivity index (χ0n) is 14.8. The SMILES string of the molecule is CN(CC1Cc2ccccc2CO1)C(=O)CCS(=O)(=O)c1ccccc1. The molecule has 0 spiro atoms. The van der Waals surface area contributed by atoms with E-state index in [4.69, 9.17) is 4.74 Å². The van der Waals surface area contributed by atoms with E-state index in [1.54, 1.807) is 42.3 Å². The molecule has 6 heteroatoms. The van der Waals surface area contributed by atoms with Gasteiger partial charge in [-0.2, -0.15) is 0 Å². The molecule has 1 unspecified atom stereocenters. The molecule has 138 valence electrons. The molecule has 26 heavy (non-hydrogen) atoms. The summed E-state index contributed by atoms with van der Waals surface area (Å²) in [6, 6.07) is 16.4. The van der Waals surface area contributed by atoms with Crippen LogP contribution in [0.1, 0.15) is 17.5 Å². The highest BCUT2D eigenvalue weighted by atomic mass is 32.2. The van der Waals surface area contributed by atoms with Crippen LogP contribution in [0.3, 0.4) is 0 Å². The normalized spacial score (nSPS) is 16.7. The van der Waals surface area contributed by atoms with E-state index in [2.05, 4.69) is 12.1 Å². The van der Waals surface area contributed by atoms with E-state index in [0.717, 1.165) is 6.42 Å². The van der Waals surface area contributed by atoms with Crippen LogP contribution in [-0.2, 0) is 32.4 Å². The quantitative estimate of drug-likeness (QED) is 0.780. The van der Waals surface area contributed by atoms with Crippen molar-refractivity contribution in [2.75, 3.05) is 19.3 Å². The molecule has 1 aliphatic rings. The van der Waals surface area contributed by atoms with E-state index in [-0.39, 0.29) is 29.1 Å². The third-order valence-electron chi connectivity index (χ3n) is 4.63. The summed E-state index contributed by atoms with van der Waals surface area (Å²) in [6.45, 7) is 1.00. The van der Waals surface area contributed by atoms with Gasteiger partial charge in [0.25, 0.3) is 0 Å². The maximum atomic E-state index is 12.3. The van der Waals surface area contributed by atoms with Crippen LogP contribution in [0.15, 0.2) is 59.5 Å². The summed E-state index contributed by atoms with van der Waals surface area (Å²) < 4.78 is 30.4. The summed E-state index contributed by atoms with van der Waals surface area (Å²) in [5, 5.41) is 0. The molecular formula is C20H23NO4S. The smallest absolute Gasteiger partial charge is 0.223 e. The summed E-state index contributed by atoms with van der Waals surface area (Å²) in [6.07, 6.45) is 0.664. The van der Waals surface area contributed by atoms with Gasteiger partial charge in [0.05, 0.1) is 23.4 Å². The van der Waals surface area contributed by atoms with Crippen molar-refractivity contribution in [1.29, 1.82) is 0 Å². The Morgan fingerprint density at radius 2 is 1.73 bits per heavy atom. The summed E-state index contributed by atoms with van der Waals surface area (Å²) in [4.78, 5) is 14.2. The number of hydrogen-bond donors (Lipinski definition) is 0. The van der Waals surface area contributed by atoms with Gasteiger partial charge in [-0.25, -0.2) is 8.42 Å². The van der Waals surface area contributed by atoms with Crippen LogP contribution < -0.4 is 0 Å². The minimum atomic E-state index is -3.44. The molecule has 1 amide bonds. The first-order valence-electron chi connectivity index (χ1n) is 8.66. The summed E-state index contributed by atoms with van der Waals surface area (Å²) in [7, 11) is -1.74. The third kappa shape index (κ3) is 4.51. The predicted molar refractivity (Wildman–Crippen MR) is 99.5 cm³/mol. The Bertz CT molecular complexity index is 864. The monoisotopic (exact) mass is 373 g/mol. The lowest BCUT2D eigenvalue weighted by molar-refractivity contribution is -0.131. The van der Waals surface area contributed by atoms with Crippen molar-refractivity contribution in [3.8, 4) is 0 Å². The number of nitrogens with zero attached hydrogens (tertiary/aromatic N) is 1. The number of sulfone groups is 1. The number of carbonyl (C=O) groups excluding carboxylic acids is 1. The molecule has 1 aliphatic heterocycles. The first-order valence-corrected chi connectivity index (χ1v) is 10.3. The van der Waals surface area contributed by atoms with Crippen molar-refractivity contribution in [3.05, 3.63) is 65.7 Å². The average Bonchev–Trinajstić information content (AvgIpc) is 2.66. The lowest BCUT2D eigenvalue weighted by atomic mass is 9.99. The number of benzene rings is 2. The van der Waals surface area contributed by atoms with E-state index < -0.39 is 9.84 Å². The Balaban J connectivity index is 1.53. The molecule has 2 aromatic rings. The van der Waals surface area contributed by atoms with Crippen LogP contribution in [0.2, 0.25) is 0 Å². The molecule has 0 N–H and O–H groups in total. The number of hydrogen-bond acceptors (Lipinski definition) is 4. The van der Waals surface area contributed by atoms with Crippen molar-refractivity contribution in [1.82, 2.24) is 4.90 Å². The van der Waals surface area contributed by atoms with Gasteiger partial charge in [0.15, 0.2) is 9.84 Å². The molecule has 1 heterocycles. The molecule has 1 atom stereocenters. The Labute approximate surface area is 154 Å². The van der Waals surface area contributed by atoms with E-state index in [1.165, 1.54) is 11.1 Å². The lowest BCUT2D eigenvalue weighted by Gasteiger charge is -2.29. The number of carbonyl (C=O) groups is 1. The summed E-state index contributed by atoms with van der Waals surface area (Å²) in [5.74, 6) is -0.374. The minimum Gasteiger partial charge on any atom is -0.371 e. The van der Waals surface area contributed by atoms with E-state index in [9.17, 15) is 13.2 Å². The highest BCUT2D eigenvalue weighted by molar-refractivity contribution is 7.91. The van der Waals surface area contributed by atoms with Gasteiger partial charge in [-0.3, -0.25) is 4.79 Å². The van der Waals surface area contributed by atoms with E-state index in [0.29, 0.717) is 13.2 Å². The second kappa shape index (κ2) is 8.01. The summed E-state index contributed by atoms with van der Waals surface area (Å²) >= 11 is 0. The van der Waals surface area contributed by atoms with Gasteiger partial charge in [0.1, 0.15) is 0 Å². The van der Waals surface area contributed by atoms with Gasteiger partial charge in [-0.05, 0) is 23.3 Å². The molecular weight excluding hydrogens is 350 g/mol. The minimum absolute atomic E-state index is 0.0307. The van der Waals surface area contributed by atoms with Crippen molar-refractivity contribution in [2.45, 2.75) is 30.4 Å². The molecule has 5 nitrogen and oxygen atoms in total. The highest BCUT2D eigenvalue weighted by Gasteiger charge is 2.23. The van der Waals surface area contributed by atoms with Crippen LogP contribution in [0.4, 0.5) is 0 Å². The second-order valence-electron chi connectivity index (χ2n) is 6.56. The summed E-state index contributed by atoms with van der Waals surface area (Å²) in [5.41, 5.74) is 2.43. The van der Waals surface area contributed by atoms with Crippen LogP contribution in [0, 0.1) is 0 Å². The average molecular weight is 373 g/mol. The topological polar surface area (TPSA) is 63.7 Å². The molecule has 0 radical (unpaired) electrons. The molecule has 0 aromatic heterocycles. The number of likely N-dealkylation sites (N-methyl/N-ethyl adjacent to an activating group) is 1. The fourth-order valence-corrected chi connectivity index (χ4v) is 4.34. The fourth-order valence-electron chi connectivity index (χ4n) is 3.09. The van der Waals surface area contributed by atoms with Crippen LogP contribution in [-0.4, -0.2) is 44.7 Å². The number of amides is 1. The van der Waals surface area contributed by atoms with Crippen LogP contribution in [0.5, 0.6) is 0 Å². The van der Waals surface area contributed by atoms with E-state index in [1.807, 2.05) is 12.1 Å². The molecule has 2 aromatic carbocycles. The first kappa shape index (κ1) is 18.6. The maximum absolute atomic E-state index is 12.3. The van der Waals surface area contributed by atoms with Crippen molar-refractivity contribution >= 4 is 15.7 Å². The van der Waals surface area contributed by atoms with Gasteiger partial charge < -0.3 is 9.64 Å². The second-order valence-corrected chi connectivity index (χ2v) is 8.67. The van der Waals surface area contributed by atoms with Crippen molar-refractivity contribution < 1.29 is 17.9 Å². The zero-order valence-corrected chi connectivity index (χ0v) is 15.6. The van der Waals surface area contributed by atoms with Gasteiger partial charge in [-0.15, -0.1) is 0 Å². The molecule has 3 rings (SSSR count). The third-order valence-corrected chi connectivity index (χ3v) is 6.36. The molecule has 0 aliphatic carbocycles. The highest BCUT2D eigenvalue weighted by Crippen LogP contribution is 2.21. The standard InChI is InChI=1S/C20H23NO4S/c1-21(14-18-13-16-7-5-6-8-17(16)15-25-18)20(22)11-12-26(23,24)19-9-3-2-4-10-19/h2-10,18H,11-15H2,1H3. The largest absolute Gasteiger partial charge is 0.371 e. The Hall–Kier alpha value is -2.18. The number of ether oxygens (including phenoxy) is 1. The van der Waals surface area contributed by atoms with Gasteiger partial charge in [0, 0.05) is 26.4 Å². The first-order chi connectivity index (χ1) is 12.5.